The number of carboxylic acid groups (broad SMARTS) is 1. The van der Waals surface area contributed by atoms with Crippen molar-refractivity contribution >= 4 is 18.0 Å². The molecule has 7 heteroatoms. The lowest BCUT2D eigenvalue weighted by molar-refractivity contribution is -0.137. The largest absolute Gasteiger partial charge is 0.481 e. The molecule has 0 saturated heterocycles. The maximum absolute atomic E-state index is 12.4. The van der Waals surface area contributed by atoms with Crippen LogP contribution in [0.25, 0.3) is 11.1 Å². The predicted molar refractivity (Wildman–Crippen MR) is 133 cm³/mol. The predicted octanol–water partition coefficient (Wildman–Crippen LogP) is 4.70. The van der Waals surface area contributed by atoms with Gasteiger partial charge in [-0.3, -0.25) is 9.59 Å². The molecule has 35 heavy (non-hydrogen) atoms. The molecule has 186 valence electrons. The van der Waals surface area contributed by atoms with E-state index in [1.807, 2.05) is 31.2 Å². The molecule has 2 aliphatic rings. The highest BCUT2D eigenvalue weighted by Gasteiger charge is 2.32. The first kappa shape index (κ1) is 24.8. The Bertz CT molecular complexity index is 1020. The van der Waals surface area contributed by atoms with Crippen molar-refractivity contribution in [3.8, 4) is 11.1 Å². The monoisotopic (exact) mass is 478 g/mol. The van der Waals surface area contributed by atoms with Gasteiger partial charge in [-0.05, 0) is 53.4 Å². The number of amides is 2. The van der Waals surface area contributed by atoms with Crippen molar-refractivity contribution in [1.29, 1.82) is 0 Å². The minimum Gasteiger partial charge on any atom is -0.481 e. The van der Waals surface area contributed by atoms with Gasteiger partial charge in [0.1, 0.15) is 6.61 Å². The van der Waals surface area contributed by atoms with Crippen molar-refractivity contribution in [3.05, 3.63) is 59.7 Å². The zero-order valence-electron chi connectivity index (χ0n) is 20.2. The van der Waals surface area contributed by atoms with Crippen LogP contribution in [0, 0.1) is 11.8 Å². The molecular formula is C28H34N2O5. The van der Waals surface area contributed by atoms with E-state index < -0.39 is 12.1 Å². The third kappa shape index (κ3) is 6.21. The van der Waals surface area contributed by atoms with E-state index in [1.165, 1.54) is 22.3 Å². The second-order valence-corrected chi connectivity index (χ2v) is 9.77. The number of carboxylic acids is 1. The van der Waals surface area contributed by atoms with Crippen LogP contribution in [-0.2, 0) is 14.3 Å². The number of aliphatic carboxylic acids is 1. The van der Waals surface area contributed by atoms with Gasteiger partial charge in [0.15, 0.2) is 0 Å². The molecule has 0 aliphatic heterocycles. The van der Waals surface area contributed by atoms with Crippen LogP contribution >= 0.6 is 0 Å². The molecule has 4 rings (SSSR count). The number of hydrogen-bond donors (Lipinski definition) is 3. The third-order valence-electron chi connectivity index (χ3n) is 7.11. The van der Waals surface area contributed by atoms with Gasteiger partial charge in [-0.1, -0.05) is 61.9 Å². The average Bonchev–Trinajstić information content (AvgIpc) is 3.12. The van der Waals surface area contributed by atoms with Gasteiger partial charge in [0.2, 0.25) is 5.91 Å². The van der Waals surface area contributed by atoms with Crippen molar-refractivity contribution in [2.75, 3.05) is 13.2 Å². The van der Waals surface area contributed by atoms with Gasteiger partial charge in [-0.25, -0.2) is 4.79 Å². The number of hydrogen-bond acceptors (Lipinski definition) is 4. The second-order valence-electron chi connectivity index (χ2n) is 9.77. The number of ether oxygens (including phenoxy) is 1. The SMILES string of the molecule is CCCC(CC(=O)O)NC(=O)CC1CC(CNC(=O)OCC2c3ccccc3-c3ccccc32)C1. The lowest BCUT2D eigenvalue weighted by Gasteiger charge is -2.35. The van der Waals surface area contributed by atoms with Gasteiger partial charge in [0.05, 0.1) is 6.42 Å². The summed E-state index contributed by atoms with van der Waals surface area (Å²) in [7, 11) is 0. The van der Waals surface area contributed by atoms with Crippen LogP contribution in [0.15, 0.2) is 48.5 Å². The molecule has 2 aliphatic carbocycles. The van der Waals surface area contributed by atoms with Gasteiger partial charge in [-0.15, -0.1) is 0 Å². The Morgan fingerprint density at radius 2 is 1.63 bits per heavy atom. The summed E-state index contributed by atoms with van der Waals surface area (Å²) in [6.45, 7) is 2.80. The molecule has 0 spiro atoms. The fourth-order valence-electron chi connectivity index (χ4n) is 5.42. The van der Waals surface area contributed by atoms with Crippen molar-refractivity contribution < 1.29 is 24.2 Å². The van der Waals surface area contributed by atoms with Gasteiger partial charge in [0.25, 0.3) is 0 Å². The molecule has 1 saturated carbocycles. The number of nitrogens with one attached hydrogen (secondary N) is 2. The van der Waals surface area contributed by atoms with Gasteiger partial charge in [0, 0.05) is 24.9 Å². The molecule has 1 unspecified atom stereocenters. The Morgan fingerprint density at radius 1 is 1.00 bits per heavy atom. The van der Waals surface area contributed by atoms with E-state index in [2.05, 4.69) is 34.9 Å². The smallest absolute Gasteiger partial charge is 0.407 e. The lowest BCUT2D eigenvalue weighted by Crippen LogP contribution is -2.41. The Labute approximate surface area is 206 Å². The summed E-state index contributed by atoms with van der Waals surface area (Å²) in [5.41, 5.74) is 4.77. The van der Waals surface area contributed by atoms with Gasteiger partial charge >= 0.3 is 12.1 Å². The topological polar surface area (TPSA) is 105 Å². The Morgan fingerprint density at radius 3 is 2.23 bits per heavy atom. The molecule has 2 aromatic carbocycles. The number of alkyl carbamates (subject to hydrolysis) is 1. The van der Waals surface area contributed by atoms with E-state index >= 15 is 0 Å². The molecule has 0 radical (unpaired) electrons. The van der Waals surface area contributed by atoms with E-state index in [-0.39, 0.29) is 30.2 Å². The summed E-state index contributed by atoms with van der Waals surface area (Å²) in [5.74, 6) is -0.336. The number of benzene rings is 2. The average molecular weight is 479 g/mol. The molecule has 0 aromatic heterocycles. The standard InChI is InChI=1S/C28H34N2O5/c1-2-7-20(15-27(32)33)30-26(31)14-18-12-19(13-18)16-29-28(34)35-17-25-23-10-5-3-8-21(23)22-9-4-6-11-24(22)25/h3-6,8-11,18-20,25H,2,7,12-17H2,1H3,(H,29,34)(H,30,31)(H,32,33). The molecule has 1 atom stereocenters. The van der Waals surface area contributed by atoms with Crippen LogP contribution in [0.4, 0.5) is 4.79 Å². The highest BCUT2D eigenvalue weighted by Crippen LogP contribution is 2.44. The first-order valence-corrected chi connectivity index (χ1v) is 12.5. The molecular weight excluding hydrogens is 444 g/mol. The van der Waals surface area contributed by atoms with Crippen LogP contribution in [0.2, 0.25) is 0 Å². The van der Waals surface area contributed by atoms with Crippen LogP contribution in [0.1, 0.15) is 62.5 Å². The molecule has 3 N–H and O–H groups in total. The highest BCUT2D eigenvalue weighted by molar-refractivity contribution is 5.79. The van der Waals surface area contributed by atoms with Gasteiger partial charge in [-0.2, -0.15) is 0 Å². The van der Waals surface area contributed by atoms with Gasteiger partial charge < -0.3 is 20.5 Å². The fraction of sp³-hybridized carbons (Fsp3) is 0.464. The number of carbonyl (C=O) groups excluding carboxylic acids is 2. The fourth-order valence-corrected chi connectivity index (χ4v) is 5.42. The number of rotatable bonds is 11. The van der Waals surface area contributed by atoms with Crippen molar-refractivity contribution in [3.63, 3.8) is 0 Å². The number of carbonyl (C=O) groups is 3. The summed E-state index contributed by atoms with van der Waals surface area (Å²) in [6, 6.07) is 16.2. The van der Waals surface area contributed by atoms with Crippen molar-refractivity contribution in [1.82, 2.24) is 10.6 Å². The third-order valence-corrected chi connectivity index (χ3v) is 7.11. The van der Waals surface area contributed by atoms with Crippen LogP contribution in [0.3, 0.4) is 0 Å². The normalized spacial score (nSPS) is 19.1. The van der Waals surface area contributed by atoms with E-state index in [0.717, 1.165) is 19.3 Å². The van der Waals surface area contributed by atoms with E-state index in [9.17, 15) is 14.4 Å². The van der Waals surface area contributed by atoms with E-state index in [0.29, 0.717) is 31.9 Å². The lowest BCUT2D eigenvalue weighted by atomic mass is 9.73. The van der Waals surface area contributed by atoms with Crippen molar-refractivity contribution in [2.45, 2.75) is 57.4 Å². The molecule has 7 nitrogen and oxygen atoms in total. The Hall–Kier alpha value is -3.35. The molecule has 2 amide bonds. The highest BCUT2D eigenvalue weighted by atomic mass is 16.5. The Kier molecular flexibility index (Phi) is 8.06. The molecule has 0 bridgehead atoms. The first-order valence-electron chi connectivity index (χ1n) is 12.5. The van der Waals surface area contributed by atoms with E-state index in [1.54, 1.807) is 0 Å². The maximum Gasteiger partial charge on any atom is 0.407 e. The maximum atomic E-state index is 12.4. The summed E-state index contributed by atoms with van der Waals surface area (Å²) >= 11 is 0. The first-order chi connectivity index (χ1) is 16.9. The Balaban J connectivity index is 1.16. The second kappa shape index (κ2) is 11.4. The van der Waals surface area contributed by atoms with Crippen LogP contribution < -0.4 is 10.6 Å². The van der Waals surface area contributed by atoms with Crippen molar-refractivity contribution in [2.24, 2.45) is 11.8 Å². The van der Waals surface area contributed by atoms with Crippen LogP contribution in [0.5, 0.6) is 0 Å². The summed E-state index contributed by atoms with van der Waals surface area (Å²) in [4.78, 5) is 35.6. The minimum absolute atomic E-state index is 0.0393. The summed E-state index contributed by atoms with van der Waals surface area (Å²) in [5, 5.41) is 14.7. The summed E-state index contributed by atoms with van der Waals surface area (Å²) in [6.07, 6.45) is 3.17. The minimum atomic E-state index is -0.897. The molecule has 2 aromatic rings. The molecule has 1 fully saturated rings. The van der Waals surface area contributed by atoms with E-state index in [4.69, 9.17) is 9.84 Å². The zero-order chi connectivity index (χ0) is 24.8. The quantitative estimate of drug-likeness (QED) is 0.434. The number of fused-ring (bicyclic) bond motifs is 3. The molecule has 0 heterocycles. The summed E-state index contributed by atoms with van der Waals surface area (Å²) < 4.78 is 5.59. The zero-order valence-corrected chi connectivity index (χ0v) is 20.2. The van der Waals surface area contributed by atoms with Crippen LogP contribution in [-0.4, -0.2) is 42.3 Å².